The van der Waals surface area contributed by atoms with Gasteiger partial charge in [-0.3, -0.25) is 4.79 Å². The molecule has 6 heteroatoms. The lowest BCUT2D eigenvalue weighted by Gasteiger charge is -2.32. The predicted molar refractivity (Wildman–Crippen MR) is 85.7 cm³/mol. The summed E-state index contributed by atoms with van der Waals surface area (Å²) in [7, 11) is 3.03. The second kappa shape index (κ2) is 9.66. The Hall–Kier alpha value is -0.300. The fourth-order valence-corrected chi connectivity index (χ4v) is 2.46. The first kappa shape index (κ1) is 20.7. The summed E-state index contributed by atoms with van der Waals surface area (Å²) in [4.78, 5) is 11.0. The van der Waals surface area contributed by atoms with E-state index in [1.54, 1.807) is 18.9 Å². The third kappa shape index (κ3) is 11.0. The van der Waals surface area contributed by atoms with Crippen LogP contribution in [-0.4, -0.2) is 60.7 Å². The highest BCUT2D eigenvalue weighted by molar-refractivity contribution is 7.99. The summed E-state index contributed by atoms with van der Waals surface area (Å²) in [5.74, 6) is 1.02. The number of rotatable bonds is 11. The van der Waals surface area contributed by atoms with Gasteiger partial charge in [-0.15, -0.1) is 0 Å². The van der Waals surface area contributed by atoms with Gasteiger partial charge in [0.25, 0.3) is 0 Å². The van der Waals surface area contributed by atoms with E-state index >= 15 is 0 Å². The van der Waals surface area contributed by atoms with Gasteiger partial charge in [0.2, 0.25) is 0 Å². The highest BCUT2D eigenvalue weighted by atomic mass is 32.2. The summed E-state index contributed by atoms with van der Waals surface area (Å²) in [6.07, 6.45) is 0.446. The van der Waals surface area contributed by atoms with Crippen molar-refractivity contribution < 1.29 is 24.1 Å². The first-order chi connectivity index (χ1) is 9.62. The Morgan fingerprint density at radius 3 is 2.33 bits per heavy atom. The molecule has 21 heavy (non-hydrogen) atoms. The maximum Gasteiger partial charge on any atom is 0.306 e. The topological polar surface area (TPSA) is 65.0 Å². The van der Waals surface area contributed by atoms with Gasteiger partial charge in [-0.05, 0) is 27.7 Å². The number of carbonyl (C=O) groups is 1. The minimum Gasteiger partial charge on any atom is -0.469 e. The third-order valence-corrected chi connectivity index (χ3v) is 4.19. The molecule has 0 spiro atoms. The second-order valence-electron chi connectivity index (χ2n) is 6.27. The van der Waals surface area contributed by atoms with Crippen molar-refractivity contribution in [3.63, 3.8) is 0 Å². The fraction of sp³-hybridized carbons (Fsp3) is 0.933. The van der Waals surface area contributed by atoms with E-state index in [-0.39, 0.29) is 11.6 Å². The van der Waals surface area contributed by atoms with Crippen molar-refractivity contribution in [1.29, 1.82) is 0 Å². The van der Waals surface area contributed by atoms with Crippen LogP contribution in [0.4, 0.5) is 0 Å². The maximum atomic E-state index is 11.0. The van der Waals surface area contributed by atoms with Crippen LogP contribution in [0.2, 0.25) is 0 Å². The molecular formula is C15H30O5S. The Labute approximate surface area is 132 Å². The third-order valence-electron chi connectivity index (χ3n) is 3.08. The van der Waals surface area contributed by atoms with Gasteiger partial charge in [-0.1, -0.05) is 0 Å². The molecule has 0 aromatic carbocycles. The van der Waals surface area contributed by atoms with Gasteiger partial charge < -0.3 is 19.3 Å². The monoisotopic (exact) mass is 322 g/mol. The smallest absolute Gasteiger partial charge is 0.306 e. The van der Waals surface area contributed by atoms with E-state index in [1.165, 1.54) is 7.11 Å². The highest BCUT2D eigenvalue weighted by Crippen LogP contribution is 2.22. The van der Waals surface area contributed by atoms with Crippen LogP contribution in [-0.2, 0) is 19.0 Å². The largest absolute Gasteiger partial charge is 0.469 e. The zero-order chi connectivity index (χ0) is 16.5. The van der Waals surface area contributed by atoms with Crippen LogP contribution in [0.5, 0.6) is 0 Å². The molecule has 126 valence electrons. The summed E-state index contributed by atoms with van der Waals surface area (Å²) in [5, 5.41) is 10.0. The number of thioether (sulfide) groups is 1. The minimum absolute atomic E-state index is 0.220. The molecule has 0 bridgehead atoms. The SMILES string of the molecule is COC(=O)CCSCC(O)CC(C)(C)OCC(C)(C)OC. The number of hydrogen-bond acceptors (Lipinski definition) is 6. The summed E-state index contributed by atoms with van der Waals surface area (Å²) < 4.78 is 15.7. The van der Waals surface area contributed by atoms with Gasteiger partial charge in [0.15, 0.2) is 0 Å². The van der Waals surface area contributed by atoms with Crippen LogP contribution in [0.3, 0.4) is 0 Å². The Bertz CT molecular complexity index is 304. The maximum absolute atomic E-state index is 11.0. The van der Waals surface area contributed by atoms with Crippen LogP contribution >= 0.6 is 11.8 Å². The number of aliphatic hydroxyl groups is 1. The molecular weight excluding hydrogens is 292 g/mol. The summed E-state index contributed by atoms with van der Waals surface area (Å²) in [6.45, 7) is 8.31. The lowest BCUT2D eigenvalue weighted by molar-refractivity contribution is -0.140. The first-order valence-corrected chi connectivity index (χ1v) is 8.29. The Balaban J connectivity index is 3.95. The van der Waals surface area contributed by atoms with Gasteiger partial charge in [-0.25, -0.2) is 0 Å². The van der Waals surface area contributed by atoms with E-state index < -0.39 is 11.7 Å². The number of esters is 1. The van der Waals surface area contributed by atoms with Gasteiger partial charge in [0.05, 0.1) is 37.4 Å². The summed E-state index contributed by atoms with van der Waals surface area (Å²) >= 11 is 1.54. The van der Waals surface area contributed by atoms with Gasteiger partial charge in [0, 0.05) is 25.0 Å². The van der Waals surface area contributed by atoms with Crippen LogP contribution in [0.25, 0.3) is 0 Å². The lowest BCUT2D eigenvalue weighted by atomic mass is 10.0. The predicted octanol–water partition coefficient (Wildman–Crippen LogP) is 2.25. The molecule has 1 N–H and O–H groups in total. The molecule has 0 rings (SSSR count). The van der Waals surface area contributed by atoms with Crippen LogP contribution in [0.15, 0.2) is 0 Å². The molecule has 0 saturated carbocycles. The molecule has 1 unspecified atom stereocenters. The van der Waals surface area contributed by atoms with E-state index in [1.807, 2.05) is 27.7 Å². The van der Waals surface area contributed by atoms with Gasteiger partial charge in [-0.2, -0.15) is 11.8 Å². The highest BCUT2D eigenvalue weighted by Gasteiger charge is 2.27. The van der Waals surface area contributed by atoms with Crippen LogP contribution < -0.4 is 0 Å². The molecule has 0 saturated heterocycles. The fourth-order valence-electron chi connectivity index (χ4n) is 1.59. The average molecular weight is 322 g/mol. The van der Waals surface area contributed by atoms with Crippen molar-refractivity contribution in [2.24, 2.45) is 0 Å². The number of methoxy groups -OCH3 is 2. The lowest BCUT2D eigenvalue weighted by Crippen LogP contribution is -2.38. The molecule has 1 atom stereocenters. The van der Waals surface area contributed by atoms with E-state index in [4.69, 9.17) is 9.47 Å². The van der Waals surface area contributed by atoms with Crippen molar-refractivity contribution in [1.82, 2.24) is 0 Å². The van der Waals surface area contributed by atoms with Crippen molar-refractivity contribution >= 4 is 17.7 Å². The Morgan fingerprint density at radius 1 is 1.19 bits per heavy atom. The van der Waals surface area contributed by atoms with E-state index in [0.29, 0.717) is 31.0 Å². The molecule has 0 aliphatic rings. The number of aliphatic hydroxyl groups excluding tert-OH is 1. The standard InChI is InChI=1S/C15H30O5S/c1-14(2,20-11-15(3,4)19-6)9-12(16)10-21-8-7-13(17)18-5/h12,16H,7-11H2,1-6H3. The van der Waals surface area contributed by atoms with E-state index in [2.05, 4.69) is 4.74 Å². The molecule has 0 fully saturated rings. The molecule has 0 radical (unpaired) electrons. The Kier molecular flexibility index (Phi) is 9.53. The zero-order valence-corrected chi connectivity index (χ0v) is 14.9. The van der Waals surface area contributed by atoms with Crippen molar-refractivity contribution in [3.05, 3.63) is 0 Å². The average Bonchev–Trinajstić information content (AvgIpc) is 2.41. The molecule has 0 aliphatic heterocycles. The molecule has 5 nitrogen and oxygen atoms in total. The number of carbonyl (C=O) groups excluding carboxylic acids is 1. The molecule has 0 aliphatic carbocycles. The number of ether oxygens (including phenoxy) is 3. The molecule has 0 amide bonds. The molecule has 0 aromatic rings. The van der Waals surface area contributed by atoms with Gasteiger partial charge in [0.1, 0.15) is 0 Å². The van der Waals surface area contributed by atoms with E-state index in [0.717, 1.165) is 0 Å². The second-order valence-corrected chi connectivity index (χ2v) is 7.42. The quantitative estimate of drug-likeness (QED) is 0.465. The first-order valence-electron chi connectivity index (χ1n) is 7.13. The van der Waals surface area contributed by atoms with Crippen LogP contribution in [0.1, 0.15) is 40.5 Å². The van der Waals surface area contributed by atoms with Gasteiger partial charge >= 0.3 is 5.97 Å². The van der Waals surface area contributed by atoms with Crippen molar-refractivity contribution in [2.75, 3.05) is 32.3 Å². The summed E-state index contributed by atoms with van der Waals surface area (Å²) in [5.41, 5.74) is -0.754. The number of hydrogen-bond donors (Lipinski definition) is 1. The summed E-state index contributed by atoms with van der Waals surface area (Å²) in [6, 6.07) is 0. The van der Waals surface area contributed by atoms with Crippen molar-refractivity contribution in [3.8, 4) is 0 Å². The van der Waals surface area contributed by atoms with E-state index in [9.17, 15) is 9.90 Å². The zero-order valence-electron chi connectivity index (χ0n) is 14.1. The normalized spacial score (nSPS) is 14.0. The van der Waals surface area contributed by atoms with Crippen molar-refractivity contribution in [2.45, 2.75) is 57.8 Å². The Morgan fingerprint density at radius 2 is 1.81 bits per heavy atom. The van der Waals surface area contributed by atoms with Crippen LogP contribution in [0, 0.1) is 0 Å². The molecule has 0 heterocycles. The molecule has 0 aromatic heterocycles. The minimum atomic E-state index is -0.465.